The summed E-state index contributed by atoms with van der Waals surface area (Å²) in [6, 6.07) is 7.81. The van der Waals surface area contributed by atoms with Crippen molar-refractivity contribution in [3.63, 3.8) is 0 Å². The van der Waals surface area contributed by atoms with Crippen LogP contribution in [0.3, 0.4) is 0 Å². The van der Waals surface area contributed by atoms with Crippen LogP contribution in [0.4, 0.5) is 23.2 Å². The van der Waals surface area contributed by atoms with Crippen molar-refractivity contribution in [3.8, 4) is 0 Å². The molecule has 10 heteroatoms. The molecule has 0 unspecified atom stereocenters. The first-order chi connectivity index (χ1) is 12.0. The van der Waals surface area contributed by atoms with Crippen LogP contribution in [0.15, 0.2) is 53.4 Å². The molecule has 0 aromatic heterocycles. The fourth-order valence-electron chi connectivity index (χ4n) is 2.02. The van der Waals surface area contributed by atoms with Crippen LogP contribution >= 0.6 is 0 Å². The highest BCUT2D eigenvalue weighted by molar-refractivity contribution is 7.89. The van der Waals surface area contributed by atoms with Crippen molar-refractivity contribution in [1.29, 1.82) is 0 Å². The standard InChI is InChI=1S/C16H14F4N2O3S/c1-22(10-15(23)21-13-6-4-12(17)5-7-13)26(24,25)14-8-2-11(3-9-14)16(18,19)20/h2-9H,10H2,1H3,(H,21,23). The Morgan fingerprint density at radius 2 is 1.58 bits per heavy atom. The van der Waals surface area contributed by atoms with Crippen molar-refractivity contribution in [2.75, 3.05) is 18.9 Å². The molecule has 140 valence electrons. The van der Waals surface area contributed by atoms with E-state index < -0.39 is 40.0 Å². The van der Waals surface area contributed by atoms with Crippen LogP contribution in [0.1, 0.15) is 5.56 Å². The van der Waals surface area contributed by atoms with Gasteiger partial charge in [-0.15, -0.1) is 0 Å². The maximum atomic E-state index is 12.8. The monoisotopic (exact) mass is 390 g/mol. The molecule has 2 aromatic carbocycles. The number of alkyl halides is 3. The number of nitrogens with one attached hydrogen (secondary N) is 1. The molecule has 0 aliphatic heterocycles. The molecule has 2 aromatic rings. The van der Waals surface area contributed by atoms with Crippen LogP contribution in [0.25, 0.3) is 0 Å². The third kappa shape index (κ3) is 4.79. The number of sulfonamides is 1. The number of anilines is 1. The average Bonchev–Trinajstić information content (AvgIpc) is 2.56. The molecule has 0 fully saturated rings. The van der Waals surface area contributed by atoms with Gasteiger partial charge in [0.2, 0.25) is 15.9 Å². The van der Waals surface area contributed by atoms with E-state index in [9.17, 15) is 30.8 Å². The van der Waals surface area contributed by atoms with Gasteiger partial charge in [0.15, 0.2) is 0 Å². The predicted molar refractivity (Wildman–Crippen MR) is 86.3 cm³/mol. The lowest BCUT2D eigenvalue weighted by Crippen LogP contribution is -2.35. The van der Waals surface area contributed by atoms with E-state index in [0.29, 0.717) is 16.4 Å². The molecule has 1 N–H and O–H groups in total. The van der Waals surface area contributed by atoms with Gasteiger partial charge in [-0.1, -0.05) is 0 Å². The van der Waals surface area contributed by atoms with Crippen LogP contribution in [-0.4, -0.2) is 32.2 Å². The highest BCUT2D eigenvalue weighted by Gasteiger charge is 2.31. The lowest BCUT2D eigenvalue weighted by atomic mass is 10.2. The van der Waals surface area contributed by atoms with Crippen molar-refractivity contribution < 1.29 is 30.8 Å². The van der Waals surface area contributed by atoms with Gasteiger partial charge in [0, 0.05) is 12.7 Å². The summed E-state index contributed by atoms with van der Waals surface area (Å²) in [5.74, 6) is -1.18. The van der Waals surface area contributed by atoms with Gasteiger partial charge < -0.3 is 5.32 Å². The second-order valence-electron chi connectivity index (χ2n) is 5.34. The van der Waals surface area contributed by atoms with Gasteiger partial charge in [-0.3, -0.25) is 4.79 Å². The topological polar surface area (TPSA) is 66.5 Å². The van der Waals surface area contributed by atoms with Crippen molar-refractivity contribution in [2.45, 2.75) is 11.1 Å². The zero-order chi connectivity index (χ0) is 19.5. The summed E-state index contributed by atoms with van der Waals surface area (Å²) in [6.45, 7) is -0.569. The molecule has 0 radical (unpaired) electrons. The Balaban J connectivity index is 2.08. The first kappa shape index (κ1) is 19.9. The van der Waals surface area contributed by atoms with Gasteiger partial charge in [-0.05, 0) is 48.5 Å². The summed E-state index contributed by atoms with van der Waals surface area (Å²) in [5, 5.41) is 2.39. The van der Waals surface area contributed by atoms with E-state index in [4.69, 9.17) is 0 Å². The molecule has 0 aliphatic rings. The molecule has 0 spiro atoms. The molecular formula is C16H14F4N2O3S. The number of hydrogen-bond acceptors (Lipinski definition) is 3. The van der Waals surface area contributed by atoms with Crippen LogP contribution in [-0.2, 0) is 21.0 Å². The van der Waals surface area contributed by atoms with Gasteiger partial charge in [0.25, 0.3) is 0 Å². The SMILES string of the molecule is CN(CC(=O)Nc1ccc(F)cc1)S(=O)(=O)c1ccc(C(F)(F)F)cc1. The first-order valence-electron chi connectivity index (χ1n) is 7.19. The minimum atomic E-state index is -4.58. The van der Waals surface area contributed by atoms with E-state index in [-0.39, 0.29) is 10.6 Å². The summed E-state index contributed by atoms with van der Waals surface area (Å²) in [6.07, 6.45) is -4.58. The van der Waals surface area contributed by atoms with E-state index in [1.165, 1.54) is 12.1 Å². The van der Waals surface area contributed by atoms with Gasteiger partial charge in [0.05, 0.1) is 17.0 Å². The van der Waals surface area contributed by atoms with Gasteiger partial charge in [-0.2, -0.15) is 17.5 Å². The van der Waals surface area contributed by atoms with Gasteiger partial charge in [0.1, 0.15) is 5.82 Å². The molecule has 0 saturated carbocycles. The minimum Gasteiger partial charge on any atom is -0.325 e. The zero-order valence-electron chi connectivity index (χ0n) is 13.4. The molecular weight excluding hydrogens is 376 g/mol. The molecule has 5 nitrogen and oxygen atoms in total. The Morgan fingerprint density at radius 1 is 1.04 bits per heavy atom. The third-order valence-electron chi connectivity index (χ3n) is 3.38. The average molecular weight is 390 g/mol. The number of carbonyl (C=O) groups is 1. The molecule has 2 rings (SSSR count). The molecule has 1 amide bonds. The van der Waals surface area contributed by atoms with Gasteiger partial charge in [-0.25, -0.2) is 12.8 Å². The van der Waals surface area contributed by atoms with Gasteiger partial charge >= 0.3 is 6.18 Å². The number of carbonyl (C=O) groups excluding carboxylic acids is 1. The second-order valence-corrected chi connectivity index (χ2v) is 7.38. The van der Waals surface area contributed by atoms with Crippen LogP contribution in [0.2, 0.25) is 0 Å². The molecule has 0 atom stereocenters. The summed E-state index contributed by atoms with van der Waals surface area (Å²) >= 11 is 0. The Hall–Kier alpha value is -2.46. The fourth-order valence-corrected chi connectivity index (χ4v) is 3.14. The molecule has 0 bridgehead atoms. The summed E-state index contributed by atoms with van der Waals surface area (Å²) in [7, 11) is -3.03. The number of benzene rings is 2. The van der Waals surface area contributed by atoms with Crippen LogP contribution in [0.5, 0.6) is 0 Å². The zero-order valence-corrected chi connectivity index (χ0v) is 14.2. The summed E-state index contributed by atoms with van der Waals surface area (Å²) in [5.41, 5.74) is -0.704. The van der Waals surface area contributed by atoms with E-state index >= 15 is 0 Å². The second kappa shape index (κ2) is 7.42. The van der Waals surface area contributed by atoms with E-state index in [1.807, 2.05) is 0 Å². The maximum Gasteiger partial charge on any atom is 0.416 e. The number of hydrogen-bond donors (Lipinski definition) is 1. The number of nitrogens with zero attached hydrogens (tertiary/aromatic N) is 1. The van der Waals surface area contributed by atoms with E-state index in [0.717, 1.165) is 31.3 Å². The maximum absolute atomic E-state index is 12.8. The Morgan fingerprint density at radius 3 is 2.08 bits per heavy atom. The Bertz CT molecular complexity index is 879. The molecule has 0 saturated heterocycles. The highest BCUT2D eigenvalue weighted by atomic mass is 32.2. The number of halogens is 4. The van der Waals surface area contributed by atoms with E-state index in [1.54, 1.807) is 0 Å². The minimum absolute atomic E-state index is 0.275. The number of rotatable bonds is 5. The summed E-state index contributed by atoms with van der Waals surface area (Å²) < 4.78 is 75.8. The normalized spacial score (nSPS) is 12.2. The summed E-state index contributed by atoms with van der Waals surface area (Å²) in [4.78, 5) is 11.5. The van der Waals surface area contributed by atoms with Crippen molar-refractivity contribution in [1.82, 2.24) is 4.31 Å². The largest absolute Gasteiger partial charge is 0.416 e. The molecule has 0 aliphatic carbocycles. The molecule has 26 heavy (non-hydrogen) atoms. The predicted octanol–water partition coefficient (Wildman–Crippen LogP) is 3.10. The Labute approximate surface area is 147 Å². The fraction of sp³-hybridized carbons (Fsp3) is 0.188. The van der Waals surface area contributed by atoms with Crippen molar-refractivity contribution >= 4 is 21.6 Å². The first-order valence-corrected chi connectivity index (χ1v) is 8.63. The molecule has 0 heterocycles. The highest BCUT2D eigenvalue weighted by Crippen LogP contribution is 2.30. The number of amides is 1. The smallest absolute Gasteiger partial charge is 0.325 e. The lowest BCUT2D eigenvalue weighted by molar-refractivity contribution is -0.137. The Kier molecular flexibility index (Phi) is 5.67. The van der Waals surface area contributed by atoms with Crippen molar-refractivity contribution in [2.24, 2.45) is 0 Å². The third-order valence-corrected chi connectivity index (χ3v) is 5.20. The lowest BCUT2D eigenvalue weighted by Gasteiger charge is -2.17. The quantitative estimate of drug-likeness (QED) is 0.798. The van der Waals surface area contributed by atoms with E-state index in [2.05, 4.69) is 5.32 Å². The number of likely N-dealkylation sites (N-methyl/N-ethyl adjacent to an activating group) is 1. The van der Waals surface area contributed by atoms with Crippen molar-refractivity contribution in [3.05, 3.63) is 59.9 Å². The van der Waals surface area contributed by atoms with Crippen LogP contribution < -0.4 is 5.32 Å². The van der Waals surface area contributed by atoms with Crippen LogP contribution in [0, 0.1) is 5.82 Å².